The van der Waals surface area contributed by atoms with E-state index in [2.05, 4.69) is 4.90 Å². The number of piperidine rings is 1. The molecule has 1 saturated heterocycles. The molecule has 5 atom stereocenters. The van der Waals surface area contributed by atoms with Gasteiger partial charge in [-0.3, -0.25) is 9.59 Å². The van der Waals surface area contributed by atoms with Crippen molar-refractivity contribution in [3.8, 4) is 11.5 Å². The van der Waals surface area contributed by atoms with Crippen LogP contribution in [0.25, 0.3) is 0 Å². The van der Waals surface area contributed by atoms with Crippen LogP contribution in [-0.2, 0) is 35.7 Å². The largest absolute Gasteiger partial charge is 0.504 e. The molecule has 0 amide bonds. The van der Waals surface area contributed by atoms with Crippen molar-refractivity contribution >= 4 is 17.7 Å². The first-order valence-corrected chi connectivity index (χ1v) is 13.1. The van der Waals surface area contributed by atoms with Crippen molar-refractivity contribution in [2.24, 2.45) is 5.92 Å². The van der Waals surface area contributed by atoms with Gasteiger partial charge in [0.2, 0.25) is 0 Å². The predicted octanol–water partition coefficient (Wildman–Crippen LogP) is 2.54. The first kappa shape index (κ1) is 25.7. The molecule has 9 heteroatoms. The Kier molecular flexibility index (Phi) is 6.35. The lowest BCUT2D eigenvalue weighted by atomic mass is 9.50. The Labute approximate surface area is 216 Å². The number of nitrogens with zero attached hydrogens (tertiary/aromatic N) is 1. The Balaban J connectivity index is 1.33. The highest BCUT2D eigenvalue weighted by molar-refractivity contribution is 5.82. The fourth-order valence-electron chi connectivity index (χ4n) is 6.64. The zero-order valence-electron chi connectivity index (χ0n) is 21.8. The summed E-state index contributed by atoms with van der Waals surface area (Å²) in [5.41, 5.74) is -0.194. The summed E-state index contributed by atoms with van der Waals surface area (Å²) >= 11 is 0. The van der Waals surface area contributed by atoms with Crippen molar-refractivity contribution in [3.05, 3.63) is 35.1 Å². The average Bonchev–Trinajstić information content (AvgIpc) is 3.20. The minimum atomic E-state index is -1.16. The van der Waals surface area contributed by atoms with Crippen LogP contribution in [0, 0.1) is 5.92 Å². The van der Waals surface area contributed by atoms with Crippen LogP contribution >= 0.6 is 0 Å². The number of esters is 2. The summed E-state index contributed by atoms with van der Waals surface area (Å²) in [6.07, 6.45) is 1.88. The van der Waals surface area contributed by atoms with Crippen LogP contribution in [0.5, 0.6) is 11.5 Å². The van der Waals surface area contributed by atoms with E-state index in [1.165, 1.54) is 6.92 Å². The van der Waals surface area contributed by atoms with E-state index in [1.54, 1.807) is 12.1 Å². The minimum absolute atomic E-state index is 0.00817. The van der Waals surface area contributed by atoms with Crippen molar-refractivity contribution in [3.63, 3.8) is 0 Å². The number of hydrogen-bond donors (Lipinski definition) is 2. The number of benzene rings is 1. The molecule has 2 unspecified atom stereocenters. The fourth-order valence-corrected chi connectivity index (χ4v) is 6.64. The average molecular weight is 514 g/mol. The van der Waals surface area contributed by atoms with Gasteiger partial charge in [-0.25, -0.2) is 4.79 Å². The van der Waals surface area contributed by atoms with Crippen molar-refractivity contribution in [1.29, 1.82) is 0 Å². The summed E-state index contributed by atoms with van der Waals surface area (Å²) in [5.74, 6) is -0.743. The second kappa shape index (κ2) is 9.13. The van der Waals surface area contributed by atoms with Crippen LogP contribution in [-0.4, -0.2) is 70.3 Å². The summed E-state index contributed by atoms with van der Waals surface area (Å²) in [4.78, 5) is 39.1. The zero-order chi connectivity index (χ0) is 26.7. The molecule has 2 aliphatic heterocycles. The second-order valence-corrected chi connectivity index (χ2v) is 11.1. The molecule has 4 aliphatic rings. The molecule has 2 aliphatic carbocycles. The number of rotatable bonds is 8. The standard InChI is InChI=1S/C28H35NO8/c1-15(2)18(30)6-5-7-22(32)35-16(3)26(33)36-20-10-11-28(34)21-14-17-8-9-19(31)24-23(17)27(28,25(20)37-24)12-13-29(21)4/h8-10,15-16,21,25,31,34H,5-7,11-14H2,1-4H3/t16-,21+,25?,27?,28+/m0/s1. The van der Waals surface area contributed by atoms with Crippen LogP contribution in [0.2, 0.25) is 0 Å². The molecular formula is C28H35NO8. The highest BCUT2D eigenvalue weighted by atomic mass is 16.6. The number of hydrogen-bond acceptors (Lipinski definition) is 9. The van der Waals surface area contributed by atoms with E-state index in [1.807, 2.05) is 27.0 Å². The molecule has 0 saturated carbocycles. The Morgan fingerprint density at radius 3 is 2.70 bits per heavy atom. The molecule has 1 aromatic rings. The highest BCUT2D eigenvalue weighted by Gasteiger charge is 2.72. The molecule has 0 radical (unpaired) electrons. The van der Waals surface area contributed by atoms with Gasteiger partial charge in [0.15, 0.2) is 23.7 Å². The SMILES string of the molecule is CC(C)C(=O)CCCC(=O)O[C@@H](C)C(=O)OC1=CC[C@@]2(O)[C@H]3Cc4ccc(O)c5c4C2(CCN3C)C1O5. The summed E-state index contributed by atoms with van der Waals surface area (Å²) in [6, 6.07) is 3.34. The maximum atomic E-state index is 12.9. The van der Waals surface area contributed by atoms with E-state index in [-0.39, 0.29) is 48.5 Å². The van der Waals surface area contributed by atoms with Crippen LogP contribution in [0.3, 0.4) is 0 Å². The number of likely N-dealkylation sites (N-methyl/N-ethyl adjacent to an activating group) is 1. The van der Waals surface area contributed by atoms with Crippen LogP contribution < -0.4 is 4.74 Å². The number of ketones is 1. The van der Waals surface area contributed by atoms with Crippen molar-refractivity contribution in [2.75, 3.05) is 13.6 Å². The molecular weight excluding hydrogens is 478 g/mol. The van der Waals surface area contributed by atoms with Gasteiger partial charge in [0.05, 0.1) is 11.0 Å². The molecule has 2 N–H and O–H groups in total. The minimum Gasteiger partial charge on any atom is -0.504 e. The van der Waals surface area contributed by atoms with Crippen LogP contribution in [0.4, 0.5) is 0 Å². The lowest BCUT2D eigenvalue weighted by Gasteiger charge is -2.61. The third kappa shape index (κ3) is 3.85. The van der Waals surface area contributed by atoms with Gasteiger partial charge in [0, 0.05) is 36.8 Å². The molecule has 0 aromatic heterocycles. The van der Waals surface area contributed by atoms with E-state index in [4.69, 9.17) is 14.2 Å². The van der Waals surface area contributed by atoms with E-state index >= 15 is 0 Å². The smallest absolute Gasteiger partial charge is 0.352 e. The van der Waals surface area contributed by atoms with E-state index < -0.39 is 35.2 Å². The fraction of sp³-hybridized carbons (Fsp3) is 0.607. The number of ether oxygens (including phenoxy) is 3. The summed E-state index contributed by atoms with van der Waals surface area (Å²) in [6.45, 7) is 5.79. The van der Waals surface area contributed by atoms with Gasteiger partial charge in [-0.1, -0.05) is 19.9 Å². The number of aliphatic hydroxyl groups is 1. The first-order valence-electron chi connectivity index (χ1n) is 13.1. The van der Waals surface area contributed by atoms with Gasteiger partial charge < -0.3 is 29.3 Å². The monoisotopic (exact) mass is 513 g/mol. The maximum Gasteiger partial charge on any atom is 0.352 e. The number of aromatic hydroxyl groups is 1. The number of phenolic OH excluding ortho intramolecular Hbond substituents is 1. The van der Waals surface area contributed by atoms with Gasteiger partial charge in [-0.05, 0) is 57.5 Å². The Morgan fingerprint density at radius 2 is 1.97 bits per heavy atom. The quantitative estimate of drug-likeness (QED) is 0.505. The third-order valence-electron chi connectivity index (χ3n) is 8.66. The van der Waals surface area contributed by atoms with Crippen molar-refractivity contribution in [2.45, 2.75) is 88.6 Å². The number of Topliss-reactive ketones (excluding diaryl/α,β-unsaturated/α-hetero) is 1. The zero-order valence-corrected chi connectivity index (χ0v) is 21.8. The third-order valence-corrected chi connectivity index (χ3v) is 8.66. The molecule has 37 heavy (non-hydrogen) atoms. The lowest BCUT2D eigenvalue weighted by Crippen LogP contribution is -2.74. The topological polar surface area (TPSA) is 123 Å². The molecule has 2 bridgehead atoms. The first-order chi connectivity index (χ1) is 17.5. The molecule has 200 valence electrons. The second-order valence-electron chi connectivity index (χ2n) is 11.1. The van der Waals surface area contributed by atoms with Gasteiger partial charge in [0.1, 0.15) is 11.5 Å². The number of likely N-dealkylation sites (tertiary alicyclic amines) is 1. The normalized spacial score (nSPS) is 30.2. The van der Waals surface area contributed by atoms with E-state index in [0.29, 0.717) is 25.0 Å². The van der Waals surface area contributed by atoms with Gasteiger partial charge in [0.25, 0.3) is 0 Å². The Bertz CT molecular complexity index is 1170. The van der Waals surface area contributed by atoms with E-state index in [0.717, 1.165) is 17.7 Å². The number of carbonyl (C=O) groups excluding carboxylic acids is 3. The van der Waals surface area contributed by atoms with Gasteiger partial charge >= 0.3 is 11.9 Å². The highest BCUT2D eigenvalue weighted by Crippen LogP contribution is 2.65. The molecule has 9 nitrogen and oxygen atoms in total. The summed E-state index contributed by atoms with van der Waals surface area (Å²) in [5, 5.41) is 22.7. The van der Waals surface area contributed by atoms with Crippen LogP contribution in [0.1, 0.15) is 64.0 Å². The van der Waals surface area contributed by atoms with Gasteiger partial charge in [-0.15, -0.1) is 0 Å². The number of carbonyl (C=O) groups is 3. The van der Waals surface area contributed by atoms with Crippen LogP contribution in [0.15, 0.2) is 24.0 Å². The van der Waals surface area contributed by atoms with Gasteiger partial charge in [-0.2, -0.15) is 0 Å². The molecule has 2 heterocycles. The predicted molar refractivity (Wildman–Crippen MR) is 132 cm³/mol. The summed E-state index contributed by atoms with van der Waals surface area (Å²) < 4.78 is 17.3. The van der Waals surface area contributed by atoms with Crippen molar-refractivity contribution < 1.29 is 38.8 Å². The van der Waals surface area contributed by atoms with Crippen molar-refractivity contribution in [1.82, 2.24) is 4.90 Å². The molecule has 1 aromatic carbocycles. The molecule has 1 spiro atoms. The molecule has 1 fully saturated rings. The molecule has 5 rings (SSSR count). The van der Waals surface area contributed by atoms with E-state index in [9.17, 15) is 24.6 Å². The summed E-state index contributed by atoms with van der Waals surface area (Å²) in [7, 11) is 2.00. The number of phenols is 1. The Morgan fingerprint density at radius 1 is 1.22 bits per heavy atom. The lowest BCUT2D eigenvalue weighted by molar-refractivity contribution is -0.175. The maximum absolute atomic E-state index is 12.9. The Hall–Kier alpha value is -2.91.